The molecule has 0 spiro atoms. The van der Waals surface area contributed by atoms with Crippen molar-refractivity contribution in [2.45, 2.75) is 43.6 Å². The number of sulfonamides is 1. The minimum absolute atomic E-state index is 0.0637. The van der Waals surface area contributed by atoms with Crippen LogP contribution in [0.4, 0.5) is 0 Å². The smallest absolute Gasteiger partial charge is 0.371 e. The Hall–Kier alpha value is -1.38. The van der Waals surface area contributed by atoms with Gasteiger partial charge in [-0.15, -0.1) is 0 Å². The van der Waals surface area contributed by atoms with Crippen molar-refractivity contribution in [2.75, 3.05) is 13.2 Å². The molecule has 118 valence electrons. The quantitative estimate of drug-likeness (QED) is 0.824. The lowest BCUT2D eigenvalue weighted by molar-refractivity contribution is 0.0123. The number of carboxylic acids is 1. The third-order valence-corrected chi connectivity index (χ3v) is 4.97. The summed E-state index contributed by atoms with van der Waals surface area (Å²) in [6.07, 6.45) is 3.77. The normalized spacial score (nSPS) is 19.6. The molecule has 0 aromatic carbocycles. The summed E-state index contributed by atoms with van der Waals surface area (Å²) in [5.74, 6) is -1.62. The molecule has 7 nitrogen and oxygen atoms in total. The van der Waals surface area contributed by atoms with Gasteiger partial charge >= 0.3 is 5.97 Å². The van der Waals surface area contributed by atoms with Gasteiger partial charge in [0.2, 0.25) is 15.8 Å². The first-order chi connectivity index (χ1) is 9.90. The number of nitrogens with one attached hydrogen (secondary N) is 1. The van der Waals surface area contributed by atoms with Crippen molar-refractivity contribution >= 4 is 16.0 Å². The van der Waals surface area contributed by atoms with E-state index in [0.717, 1.165) is 31.9 Å². The van der Waals surface area contributed by atoms with Crippen molar-refractivity contribution in [3.8, 4) is 0 Å². The van der Waals surface area contributed by atoms with Gasteiger partial charge in [0.1, 0.15) is 10.7 Å². The minimum atomic E-state index is -3.77. The average molecular weight is 317 g/mol. The topological polar surface area (TPSA) is 106 Å². The van der Waals surface area contributed by atoms with Crippen molar-refractivity contribution in [3.63, 3.8) is 0 Å². The molecule has 21 heavy (non-hydrogen) atoms. The molecule has 1 atom stereocenters. The molecule has 1 fully saturated rings. The lowest BCUT2D eigenvalue weighted by atomic mass is 10.1. The number of rotatable bonds is 6. The van der Waals surface area contributed by atoms with Crippen LogP contribution >= 0.6 is 0 Å². The second-order valence-corrected chi connectivity index (χ2v) is 6.75. The predicted molar refractivity (Wildman–Crippen MR) is 73.8 cm³/mol. The number of ether oxygens (including phenoxy) is 1. The lowest BCUT2D eigenvalue weighted by Gasteiger charge is -2.22. The average Bonchev–Trinajstić information content (AvgIpc) is 2.83. The lowest BCUT2D eigenvalue weighted by Crippen LogP contribution is -2.29. The van der Waals surface area contributed by atoms with Gasteiger partial charge in [0, 0.05) is 19.2 Å². The van der Waals surface area contributed by atoms with Crippen LogP contribution in [0.3, 0.4) is 0 Å². The number of hydrogen-bond acceptors (Lipinski definition) is 5. The molecule has 0 radical (unpaired) electrons. The van der Waals surface area contributed by atoms with Gasteiger partial charge in [-0.2, -0.15) is 0 Å². The molecule has 1 saturated heterocycles. The van der Waals surface area contributed by atoms with Crippen LogP contribution in [0, 0.1) is 6.92 Å². The van der Waals surface area contributed by atoms with E-state index < -0.39 is 16.0 Å². The summed E-state index contributed by atoms with van der Waals surface area (Å²) in [6, 6.07) is 1.02. The predicted octanol–water partition coefficient (Wildman–Crippen LogP) is 1.52. The van der Waals surface area contributed by atoms with Crippen LogP contribution < -0.4 is 4.72 Å². The fourth-order valence-corrected chi connectivity index (χ4v) is 3.53. The Morgan fingerprint density at radius 3 is 2.81 bits per heavy atom. The van der Waals surface area contributed by atoms with Crippen molar-refractivity contribution in [1.29, 1.82) is 0 Å². The second-order valence-electron chi connectivity index (χ2n) is 5.01. The van der Waals surface area contributed by atoms with Crippen LogP contribution in [0.1, 0.15) is 42.0 Å². The Bertz CT molecular complexity index is 600. The Kier molecular flexibility index (Phi) is 5.02. The van der Waals surface area contributed by atoms with E-state index in [4.69, 9.17) is 14.3 Å². The molecule has 0 aliphatic carbocycles. The third kappa shape index (κ3) is 4.05. The van der Waals surface area contributed by atoms with E-state index in [2.05, 4.69) is 4.72 Å². The zero-order chi connectivity index (χ0) is 15.5. The number of hydrogen-bond donors (Lipinski definition) is 2. The molecule has 8 heteroatoms. The van der Waals surface area contributed by atoms with Gasteiger partial charge in [0.25, 0.3) is 0 Å². The van der Waals surface area contributed by atoms with Gasteiger partial charge in [0.15, 0.2) is 0 Å². The number of carbonyl (C=O) groups is 1. The summed E-state index contributed by atoms with van der Waals surface area (Å²) in [6.45, 7) is 2.39. The number of carboxylic acid groups (broad SMARTS) is 1. The molecular weight excluding hydrogens is 298 g/mol. The zero-order valence-corrected chi connectivity index (χ0v) is 12.6. The van der Waals surface area contributed by atoms with E-state index in [1.807, 2.05) is 0 Å². The van der Waals surface area contributed by atoms with E-state index >= 15 is 0 Å². The van der Waals surface area contributed by atoms with Crippen molar-refractivity contribution in [2.24, 2.45) is 0 Å². The Morgan fingerprint density at radius 2 is 2.24 bits per heavy atom. The molecule has 1 aliphatic heterocycles. The van der Waals surface area contributed by atoms with E-state index in [-0.39, 0.29) is 29.1 Å². The third-order valence-electron chi connectivity index (χ3n) is 3.40. The highest BCUT2D eigenvalue weighted by atomic mass is 32.2. The molecule has 0 bridgehead atoms. The van der Waals surface area contributed by atoms with Crippen LogP contribution in [-0.4, -0.2) is 38.7 Å². The molecule has 2 rings (SSSR count). The van der Waals surface area contributed by atoms with Gasteiger partial charge in [-0.1, -0.05) is 0 Å². The molecule has 2 heterocycles. The van der Waals surface area contributed by atoms with Gasteiger partial charge in [-0.05, 0) is 32.6 Å². The van der Waals surface area contributed by atoms with E-state index in [9.17, 15) is 13.2 Å². The SMILES string of the molecule is Cc1oc(C(=O)O)cc1S(=O)(=O)NCCC1CCCCO1. The van der Waals surface area contributed by atoms with Crippen LogP contribution in [0.2, 0.25) is 0 Å². The summed E-state index contributed by atoms with van der Waals surface area (Å²) >= 11 is 0. The Balaban J connectivity index is 1.96. The van der Waals surface area contributed by atoms with E-state index in [1.54, 1.807) is 0 Å². The summed E-state index contributed by atoms with van der Waals surface area (Å²) in [5, 5.41) is 8.81. The molecule has 1 aliphatic rings. The fourth-order valence-electron chi connectivity index (χ4n) is 2.30. The maximum Gasteiger partial charge on any atom is 0.371 e. The summed E-state index contributed by atoms with van der Waals surface area (Å²) in [4.78, 5) is 10.7. The van der Waals surface area contributed by atoms with Crippen molar-refractivity contribution < 1.29 is 27.5 Å². The van der Waals surface area contributed by atoms with Crippen LogP contribution in [0.15, 0.2) is 15.4 Å². The van der Waals surface area contributed by atoms with Crippen LogP contribution in [0.5, 0.6) is 0 Å². The first-order valence-corrected chi connectivity index (χ1v) is 8.33. The monoisotopic (exact) mass is 317 g/mol. The Labute approximate surface area is 123 Å². The highest BCUT2D eigenvalue weighted by Gasteiger charge is 2.24. The molecular formula is C13H19NO6S. The number of aryl methyl sites for hydroxylation is 1. The molecule has 0 saturated carbocycles. The number of furan rings is 1. The molecule has 0 amide bonds. The standard InChI is InChI=1S/C13H19NO6S/c1-9-12(8-11(20-9)13(15)16)21(17,18)14-6-5-10-4-2-3-7-19-10/h8,10,14H,2-7H2,1H3,(H,15,16). The van der Waals surface area contributed by atoms with Gasteiger partial charge in [-0.3, -0.25) is 0 Å². The fraction of sp³-hybridized carbons (Fsp3) is 0.615. The van der Waals surface area contributed by atoms with Gasteiger partial charge in [0.05, 0.1) is 6.10 Å². The molecule has 1 aromatic rings. The van der Waals surface area contributed by atoms with Crippen molar-refractivity contribution in [3.05, 3.63) is 17.6 Å². The largest absolute Gasteiger partial charge is 0.475 e. The second kappa shape index (κ2) is 6.59. The highest BCUT2D eigenvalue weighted by Crippen LogP contribution is 2.20. The maximum atomic E-state index is 12.1. The molecule has 1 unspecified atom stereocenters. The van der Waals surface area contributed by atoms with E-state index in [1.165, 1.54) is 6.92 Å². The van der Waals surface area contributed by atoms with Crippen LogP contribution in [-0.2, 0) is 14.8 Å². The highest BCUT2D eigenvalue weighted by molar-refractivity contribution is 7.89. The van der Waals surface area contributed by atoms with Gasteiger partial charge in [-0.25, -0.2) is 17.9 Å². The maximum absolute atomic E-state index is 12.1. The van der Waals surface area contributed by atoms with E-state index in [0.29, 0.717) is 6.42 Å². The molecule has 1 aromatic heterocycles. The van der Waals surface area contributed by atoms with Gasteiger partial charge < -0.3 is 14.3 Å². The number of aromatic carboxylic acids is 1. The summed E-state index contributed by atoms with van der Waals surface area (Å²) in [7, 11) is -3.77. The summed E-state index contributed by atoms with van der Waals surface area (Å²) in [5.41, 5.74) is 0. The minimum Gasteiger partial charge on any atom is -0.475 e. The summed E-state index contributed by atoms with van der Waals surface area (Å²) < 4.78 is 37.1. The Morgan fingerprint density at radius 1 is 1.48 bits per heavy atom. The van der Waals surface area contributed by atoms with Crippen LogP contribution in [0.25, 0.3) is 0 Å². The first-order valence-electron chi connectivity index (χ1n) is 6.85. The zero-order valence-electron chi connectivity index (χ0n) is 11.8. The first kappa shape index (κ1) is 16.0. The van der Waals surface area contributed by atoms with Crippen molar-refractivity contribution in [1.82, 2.24) is 4.72 Å². The molecule has 2 N–H and O–H groups in total.